The highest BCUT2D eigenvalue weighted by Gasteiger charge is 2.20. The summed E-state index contributed by atoms with van der Waals surface area (Å²) in [6.07, 6.45) is 3.61. The lowest BCUT2D eigenvalue weighted by Crippen LogP contribution is -2.00. The fraction of sp³-hybridized carbons (Fsp3) is 0. The second kappa shape index (κ2) is 8.87. The van der Waals surface area contributed by atoms with Gasteiger partial charge in [-0.05, 0) is 84.4 Å². The Morgan fingerprint density at radius 2 is 1.42 bits per heavy atom. The summed E-state index contributed by atoms with van der Waals surface area (Å²) in [4.78, 5) is 14.5. The smallest absolute Gasteiger partial charge is 0.220 e. The van der Waals surface area contributed by atoms with Crippen molar-refractivity contribution in [3.63, 3.8) is 0 Å². The predicted octanol–water partition coefficient (Wildman–Crippen LogP) is 7.86. The average Bonchev–Trinajstić information content (AvgIpc) is 3.71. The molecule has 5 heterocycles. The third kappa shape index (κ3) is 3.32. The van der Waals surface area contributed by atoms with Gasteiger partial charge in [0.15, 0.2) is 0 Å². The Bertz CT molecular complexity index is 2540. The van der Waals surface area contributed by atoms with Crippen molar-refractivity contribution in [3.05, 3.63) is 133 Å². The first-order valence-electron chi connectivity index (χ1n) is 14.0. The van der Waals surface area contributed by atoms with Gasteiger partial charge in [0.2, 0.25) is 5.78 Å². The molecule has 0 unspecified atom stereocenters. The molecule has 0 bridgehead atoms. The fourth-order valence-corrected chi connectivity index (χ4v) is 6.35. The van der Waals surface area contributed by atoms with E-state index in [2.05, 4.69) is 91.3 Å². The van der Waals surface area contributed by atoms with E-state index in [0.29, 0.717) is 5.56 Å². The maximum atomic E-state index is 9.89. The first-order valence-corrected chi connectivity index (χ1v) is 14.0. The van der Waals surface area contributed by atoms with E-state index in [1.165, 1.54) is 0 Å². The molecule has 0 saturated heterocycles. The van der Waals surface area contributed by atoms with Gasteiger partial charge in [-0.25, -0.2) is 9.97 Å². The summed E-state index contributed by atoms with van der Waals surface area (Å²) >= 11 is 0. The van der Waals surface area contributed by atoms with E-state index in [9.17, 15) is 5.26 Å². The number of rotatable bonds is 3. The van der Waals surface area contributed by atoms with Crippen LogP contribution in [0.5, 0.6) is 0 Å². The topological polar surface area (TPSA) is 76.7 Å². The Morgan fingerprint density at radius 1 is 0.628 bits per heavy atom. The lowest BCUT2D eigenvalue weighted by atomic mass is 10.00. The van der Waals surface area contributed by atoms with Gasteiger partial charge in [-0.2, -0.15) is 5.26 Å². The molecule has 200 valence electrons. The highest BCUT2D eigenvalue weighted by atomic mass is 15.2. The van der Waals surface area contributed by atoms with Crippen molar-refractivity contribution in [2.45, 2.75) is 0 Å². The molecule has 4 aromatic carbocycles. The third-order valence-electron chi connectivity index (χ3n) is 8.17. The van der Waals surface area contributed by atoms with E-state index in [-0.39, 0.29) is 0 Å². The number of para-hydroxylation sites is 4. The monoisotopic (exact) mass is 551 g/mol. The van der Waals surface area contributed by atoms with Gasteiger partial charge in [-0.1, -0.05) is 36.4 Å². The molecule has 9 rings (SSSR count). The zero-order valence-electron chi connectivity index (χ0n) is 22.8. The van der Waals surface area contributed by atoms with Gasteiger partial charge >= 0.3 is 0 Å². The quantitative estimate of drug-likeness (QED) is 0.224. The Labute approximate surface area is 245 Å². The van der Waals surface area contributed by atoms with E-state index < -0.39 is 0 Å². The van der Waals surface area contributed by atoms with Crippen molar-refractivity contribution in [3.8, 4) is 28.6 Å². The number of fused-ring (bicyclic) bond motifs is 8. The van der Waals surface area contributed by atoms with Crippen LogP contribution in [0.4, 0.5) is 0 Å². The van der Waals surface area contributed by atoms with Gasteiger partial charge in [0, 0.05) is 29.0 Å². The zero-order chi connectivity index (χ0) is 28.5. The molecule has 0 atom stereocenters. The maximum Gasteiger partial charge on any atom is 0.220 e. The lowest BCUT2D eigenvalue weighted by molar-refractivity contribution is 1.11. The molecule has 7 heteroatoms. The molecule has 9 aromatic rings. The molecule has 5 aromatic heterocycles. The van der Waals surface area contributed by atoms with Gasteiger partial charge in [0.05, 0.1) is 50.4 Å². The van der Waals surface area contributed by atoms with Crippen LogP contribution in [0.15, 0.2) is 128 Å². The number of benzene rings is 4. The summed E-state index contributed by atoms with van der Waals surface area (Å²) in [5.41, 5.74) is 11.2. The van der Waals surface area contributed by atoms with E-state index in [0.717, 1.165) is 72.4 Å². The summed E-state index contributed by atoms with van der Waals surface area (Å²) in [5.74, 6) is 0.850. The van der Waals surface area contributed by atoms with E-state index in [1.807, 2.05) is 54.7 Å². The SMILES string of the molecule is N#Cc1ccc(-n2c3cccnc3c3cccnc32)c(-c2cccc(-n3c4ccccc4n4c5ccccc5nc34)c2)c1. The van der Waals surface area contributed by atoms with Crippen molar-refractivity contribution in [2.24, 2.45) is 0 Å². The number of imidazole rings is 2. The zero-order valence-corrected chi connectivity index (χ0v) is 22.8. The summed E-state index contributed by atoms with van der Waals surface area (Å²) in [6.45, 7) is 0. The van der Waals surface area contributed by atoms with Crippen LogP contribution in [0.25, 0.3) is 72.4 Å². The number of hydrogen-bond acceptors (Lipinski definition) is 4. The first kappa shape index (κ1) is 23.4. The second-order valence-electron chi connectivity index (χ2n) is 10.5. The summed E-state index contributed by atoms with van der Waals surface area (Å²) in [7, 11) is 0. The molecule has 0 spiro atoms. The predicted molar refractivity (Wildman–Crippen MR) is 170 cm³/mol. The summed E-state index contributed by atoms with van der Waals surface area (Å²) in [5, 5.41) is 10.9. The minimum atomic E-state index is 0.587. The van der Waals surface area contributed by atoms with Crippen molar-refractivity contribution in [1.29, 1.82) is 5.26 Å². The number of nitriles is 1. The molecular weight excluding hydrogens is 530 g/mol. The molecular formula is C36H21N7. The van der Waals surface area contributed by atoms with Crippen LogP contribution >= 0.6 is 0 Å². The molecule has 0 radical (unpaired) electrons. The minimum absolute atomic E-state index is 0.587. The van der Waals surface area contributed by atoms with Gasteiger partial charge in [-0.3, -0.25) is 18.5 Å². The average molecular weight is 552 g/mol. The van der Waals surface area contributed by atoms with Gasteiger partial charge in [0.1, 0.15) is 5.65 Å². The molecule has 0 amide bonds. The van der Waals surface area contributed by atoms with Crippen LogP contribution in [-0.4, -0.2) is 28.5 Å². The number of hydrogen-bond donors (Lipinski definition) is 0. The van der Waals surface area contributed by atoms with E-state index in [4.69, 9.17) is 9.97 Å². The standard InChI is InChI=1S/C36H21N7/c37-22-23-16-17-29(42-33-15-7-18-38-34(33)26-10-6-19-39-35(26)42)27(20-23)24-8-5-9-25(21-24)41-31-13-3-4-14-32(31)43-30-12-2-1-11-28(30)40-36(41)43/h1-21H. The fourth-order valence-electron chi connectivity index (χ4n) is 6.35. The summed E-state index contributed by atoms with van der Waals surface area (Å²) in [6, 6.07) is 41.2. The van der Waals surface area contributed by atoms with Crippen LogP contribution in [0.2, 0.25) is 0 Å². The number of nitrogens with zero attached hydrogens (tertiary/aromatic N) is 7. The normalized spacial score (nSPS) is 11.7. The lowest BCUT2D eigenvalue weighted by Gasteiger charge is -2.15. The van der Waals surface area contributed by atoms with Crippen LogP contribution < -0.4 is 0 Å². The maximum absolute atomic E-state index is 9.89. The minimum Gasteiger partial charge on any atom is -0.292 e. The Morgan fingerprint density at radius 3 is 2.33 bits per heavy atom. The summed E-state index contributed by atoms with van der Waals surface area (Å²) < 4.78 is 6.57. The van der Waals surface area contributed by atoms with Crippen molar-refractivity contribution >= 4 is 49.9 Å². The Kier molecular flexibility index (Phi) is 4.84. The number of pyridine rings is 2. The van der Waals surface area contributed by atoms with Crippen molar-refractivity contribution < 1.29 is 0 Å². The van der Waals surface area contributed by atoms with Gasteiger partial charge < -0.3 is 0 Å². The van der Waals surface area contributed by atoms with Crippen molar-refractivity contribution in [2.75, 3.05) is 0 Å². The molecule has 0 aliphatic rings. The molecule has 0 N–H and O–H groups in total. The first-order chi connectivity index (χ1) is 21.3. The molecule has 43 heavy (non-hydrogen) atoms. The van der Waals surface area contributed by atoms with Gasteiger partial charge in [-0.15, -0.1) is 0 Å². The Hall–Kier alpha value is -6.26. The van der Waals surface area contributed by atoms with E-state index in [1.54, 1.807) is 6.20 Å². The largest absolute Gasteiger partial charge is 0.292 e. The van der Waals surface area contributed by atoms with Crippen LogP contribution in [0.3, 0.4) is 0 Å². The Balaban J connectivity index is 1.33. The molecule has 0 aliphatic carbocycles. The van der Waals surface area contributed by atoms with E-state index >= 15 is 0 Å². The second-order valence-corrected chi connectivity index (χ2v) is 10.5. The van der Waals surface area contributed by atoms with Gasteiger partial charge in [0.25, 0.3) is 0 Å². The van der Waals surface area contributed by atoms with Crippen LogP contribution in [0, 0.1) is 11.3 Å². The van der Waals surface area contributed by atoms with Crippen molar-refractivity contribution in [1.82, 2.24) is 28.5 Å². The highest BCUT2D eigenvalue weighted by molar-refractivity contribution is 6.06. The van der Waals surface area contributed by atoms with Crippen LogP contribution in [0.1, 0.15) is 5.56 Å². The molecule has 0 saturated carbocycles. The third-order valence-corrected chi connectivity index (χ3v) is 8.17. The molecule has 0 fully saturated rings. The van der Waals surface area contributed by atoms with Crippen LogP contribution in [-0.2, 0) is 0 Å². The molecule has 0 aliphatic heterocycles. The highest BCUT2D eigenvalue weighted by Crippen LogP contribution is 2.36. The number of aromatic nitrogens is 6. The molecule has 7 nitrogen and oxygen atoms in total.